The van der Waals surface area contributed by atoms with Crippen LogP contribution in [0.2, 0.25) is 0 Å². The van der Waals surface area contributed by atoms with Crippen LogP contribution in [0, 0.1) is 20.8 Å². The van der Waals surface area contributed by atoms with Crippen LogP contribution < -0.4 is 11.1 Å². The Bertz CT molecular complexity index is 631. The summed E-state index contributed by atoms with van der Waals surface area (Å²) in [5, 5.41) is 7.30. The summed E-state index contributed by atoms with van der Waals surface area (Å²) in [6.07, 6.45) is 0. The summed E-state index contributed by atoms with van der Waals surface area (Å²) in [5.41, 5.74) is 9.27. The smallest absolute Gasteiger partial charge is 0.139 e. The second kappa shape index (κ2) is 5.58. The molecule has 20 heavy (non-hydrogen) atoms. The van der Waals surface area contributed by atoms with Crippen molar-refractivity contribution in [2.45, 2.75) is 33.7 Å². The van der Waals surface area contributed by atoms with E-state index in [0.717, 1.165) is 34.1 Å². The first-order valence-electron chi connectivity index (χ1n) is 6.36. The molecular weight excluding hydrogens is 272 g/mol. The SMILES string of the molecule is Cc1cc(C(N)=S)cc(NC(C)c2c(C)noc2C)n1. The maximum Gasteiger partial charge on any atom is 0.139 e. The average molecular weight is 290 g/mol. The lowest BCUT2D eigenvalue weighted by atomic mass is 10.1. The number of aromatic nitrogens is 2. The molecule has 0 spiro atoms. The van der Waals surface area contributed by atoms with Crippen molar-refractivity contribution < 1.29 is 4.52 Å². The molecule has 1 atom stereocenters. The van der Waals surface area contributed by atoms with Gasteiger partial charge in [-0.2, -0.15) is 0 Å². The maximum absolute atomic E-state index is 5.68. The van der Waals surface area contributed by atoms with Crippen LogP contribution in [0.4, 0.5) is 5.82 Å². The Hall–Kier alpha value is -1.95. The summed E-state index contributed by atoms with van der Waals surface area (Å²) in [4.78, 5) is 4.81. The van der Waals surface area contributed by atoms with E-state index in [0.29, 0.717) is 4.99 Å². The van der Waals surface area contributed by atoms with Gasteiger partial charge in [-0.1, -0.05) is 17.4 Å². The molecule has 2 rings (SSSR count). The van der Waals surface area contributed by atoms with Crippen LogP contribution in [0.3, 0.4) is 0 Å². The predicted octanol–water partition coefficient (Wildman–Crippen LogP) is 2.80. The van der Waals surface area contributed by atoms with Crippen molar-refractivity contribution in [1.82, 2.24) is 10.1 Å². The number of pyridine rings is 1. The number of nitrogens with two attached hydrogens (primary N) is 1. The van der Waals surface area contributed by atoms with Crippen molar-refractivity contribution in [1.29, 1.82) is 0 Å². The number of anilines is 1. The Morgan fingerprint density at radius 1 is 1.35 bits per heavy atom. The predicted molar refractivity (Wildman–Crippen MR) is 82.9 cm³/mol. The van der Waals surface area contributed by atoms with Gasteiger partial charge in [0, 0.05) is 16.8 Å². The van der Waals surface area contributed by atoms with Crippen molar-refractivity contribution >= 4 is 23.0 Å². The molecule has 2 aromatic rings. The topological polar surface area (TPSA) is 77.0 Å². The normalized spacial score (nSPS) is 12.2. The summed E-state index contributed by atoms with van der Waals surface area (Å²) < 4.78 is 5.19. The molecule has 1 unspecified atom stereocenters. The Balaban J connectivity index is 2.28. The molecule has 0 saturated heterocycles. The van der Waals surface area contributed by atoms with Gasteiger partial charge < -0.3 is 15.6 Å². The van der Waals surface area contributed by atoms with Gasteiger partial charge in [-0.15, -0.1) is 0 Å². The van der Waals surface area contributed by atoms with Gasteiger partial charge in [-0.05, 0) is 39.8 Å². The van der Waals surface area contributed by atoms with Crippen molar-refractivity contribution in [3.8, 4) is 0 Å². The monoisotopic (exact) mass is 290 g/mol. The molecule has 0 fully saturated rings. The zero-order valence-electron chi connectivity index (χ0n) is 12.0. The molecule has 0 amide bonds. The van der Waals surface area contributed by atoms with Gasteiger partial charge in [0.05, 0.1) is 11.7 Å². The molecule has 3 N–H and O–H groups in total. The van der Waals surface area contributed by atoms with Crippen LogP contribution in [-0.2, 0) is 0 Å². The van der Waals surface area contributed by atoms with E-state index in [4.69, 9.17) is 22.5 Å². The largest absolute Gasteiger partial charge is 0.389 e. The van der Waals surface area contributed by atoms with E-state index in [1.54, 1.807) is 0 Å². The summed E-state index contributed by atoms with van der Waals surface area (Å²) in [5.74, 6) is 1.55. The second-order valence-corrected chi connectivity index (χ2v) is 5.29. The van der Waals surface area contributed by atoms with Gasteiger partial charge in [0.25, 0.3) is 0 Å². The highest BCUT2D eigenvalue weighted by Gasteiger charge is 2.17. The number of nitrogens with one attached hydrogen (secondary N) is 1. The highest BCUT2D eigenvalue weighted by atomic mass is 32.1. The number of aryl methyl sites for hydroxylation is 3. The van der Waals surface area contributed by atoms with Gasteiger partial charge in [-0.25, -0.2) is 4.98 Å². The molecule has 5 nitrogen and oxygen atoms in total. The molecule has 106 valence electrons. The van der Waals surface area contributed by atoms with Crippen molar-refractivity contribution in [3.63, 3.8) is 0 Å². The van der Waals surface area contributed by atoms with Crippen LogP contribution in [0.5, 0.6) is 0 Å². The second-order valence-electron chi connectivity index (χ2n) is 4.85. The number of hydrogen-bond donors (Lipinski definition) is 2. The van der Waals surface area contributed by atoms with Gasteiger partial charge >= 0.3 is 0 Å². The highest BCUT2D eigenvalue weighted by Crippen LogP contribution is 2.24. The molecule has 6 heteroatoms. The van der Waals surface area contributed by atoms with E-state index < -0.39 is 0 Å². The van der Waals surface area contributed by atoms with E-state index in [9.17, 15) is 0 Å². The summed E-state index contributed by atoms with van der Waals surface area (Å²) >= 11 is 5.01. The van der Waals surface area contributed by atoms with E-state index in [-0.39, 0.29) is 6.04 Å². The van der Waals surface area contributed by atoms with Crippen LogP contribution >= 0.6 is 12.2 Å². The lowest BCUT2D eigenvalue weighted by Crippen LogP contribution is -2.13. The molecule has 0 aromatic carbocycles. The number of thiocarbonyl (C=S) groups is 1. The summed E-state index contributed by atoms with van der Waals surface area (Å²) in [6, 6.07) is 3.76. The molecule has 0 saturated carbocycles. The fourth-order valence-electron chi connectivity index (χ4n) is 2.29. The Morgan fingerprint density at radius 3 is 2.60 bits per heavy atom. The van der Waals surface area contributed by atoms with Gasteiger partial charge in [0.1, 0.15) is 16.6 Å². The molecule has 2 heterocycles. The van der Waals surface area contributed by atoms with Crippen molar-refractivity contribution in [3.05, 3.63) is 40.4 Å². The standard InChI is InChI=1S/C14H18N4OS/c1-7-5-11(14(15)20)6-12(16-7)17-8(2)13-9(3)18-19-10(13)4/h5-6,8H,1-4H3,(H2,15,20)(H,16,17). The first-order valence-corrected chi connectivity index (χ1v) is 6.77. The Kier molecular flexibility index (Phi) is 4.04. The molecule has 0 aliphatic heterocycles. The minimum absolute atomic E-state index is 0.0368. The molecular formula is C14H18N4OS. The third-order valence-corrected chi connectivity index (χ3v) is 3.36. The molecule has 0 aliphatic carbocycles. The van der Waals surface area contributed by atoms with Crippen molar-refractivity contribution in [2.75, 3.05) is 5.32 Å². The Morgan fingerprint density at radius 2 is 2.05 bits per heavy atom. The van der Waals surface area contributed by atoms with Crippen molar-refractivity contribution in [2.24, 2.45) is 5.73 Å². The van der Waals surface area contributed by atoms with Crippen LogP contribution in [0.1, 0.15) is 41.2 Å². The fraction of sp³-hybridized carbons (Fsp3) is 0.357. The van der Waals surface area contributed by atoms with E-state index in [1.165, 1.54) is 0 Å². The van der Waals surface area contributed by atoms with Crippen LogP contribution in [-0.4, -0.2) is 15.1 Å². The summed E-state index contributed by atoms with van der Waals surface area (Å²) in [6.45, 7) is 7.77. The van der Waals surface area contributed by atoms with Gasteiger partial charge in [0.15, 0.2) is 0 Å². The molecule has 0 radical (unpaired) electrons. The average Bonchev–Trinajstić information content (AvgIpc) is 2.68. The minimum Gasteiger partial charge on any atom is -0.389 e. The molecule has 0 bridgehead atoms. The van der Waals surface area contributed by atoms with E-state index in [1.807, 2.05) is 39.8 Å². The number of rotatable bonds is 4. The first kappa shape index (κ1) is 14.5. The third-order valence-electron chi connectivity index (χ3n) is 3.12. The first-order chi connectivity index (χ1) is 9.38. The Labute approximate surface area is 123 Å². The van der Waals surface area contributed by atoms with Crippen LogP contribution in [0.25, 0.3) is 0 Å². The minimum atomic E-state index is 0.0368. The van der Waals surface area contributed by atoms with Gasteiger partial charge in [-0.3, -0.25) is 0 Å². The zero-order valence-corrected chi connectivity index (χ0v) is 12.8. The lowest BCUT2D eigenvalue weighted by molar-refractivity contribution is 0.392. The quantitative estimate of drug-likeness (QED) is 0.843. The van der Waals surface area contributed by atoms with Gasteiger partial charge in [0.2, 0.25) is 0 Å². The zero-order chi connectivity index (χ0) is 14.9. The van der Waals surface area contributed by atoms with Crippen LogP contribution in [0.15, 0.2) is 16.7 Å². The molecule has 2 aromatic heterocycles. The fourth-order valence-corrected chi connectivity index (χ4v) is 2.40. The third kappa shape index (κ3) is 2.96. The van der Waals surface area contributed by atoms with E-state index >= 15 is 0 Å². The highest BCUT2D eigenvalue weighted by molar-refractivity contribution is 7.80. The molecule has 0 aliphatic rings. The number of nitrogens with zero attached hydrogens (tertiary/aromatic N) is 2. The maximum atomic E-state index is 5.68. The van der Waals surface area contributed by atoms with E-state index in [2.05, 4.69) is 15.5 Å². The number of hydrogen-bond acceptors (Lipinski definition) is 5. The summed E-state index contributed by atoms with van der Waals surface area (Å²) in [7, 11) is 0. The lowest BCUT2D eigenvalue weighted by Gasteiger charge is -2.15.